The molecule has 2 nitrogen and oxygen atoms in total. The molecule has 0 rings (SSSR count). The van der Waals surface area contributed by atoms with Crippen LogP contribution in [-0.4, -0.2) is 12.8 Å². The van der Waals surface area contributed by atoms with E-state index >= 15 is 0 Å². The monoisotopic (exact) mass is 124 g/mol. The Bertz CT molecular complexity index is 154. The van der Waals surface area contributed by atoms with Gasteiger partial charge in [0.25, 0.3) is 0 Å². The number of hydrogen-bond acceptors (Lipinski definition) is 2. The molecule has 0 atom stereocenters. The van der Waals surface area contributed by atoms with E-state index in [0.29, 0.717) is 0 Å². The smallest absolute Gasteiger partial charge is 0.0608 e. The van der Waals surface area contributed by atoms with Gasteiger partial charge >= 0.3 is 0 Å². The summed E-state index contributed by atoms with van der Waals surface area (Å²) in [5, 5.41) is 0. The molecule has 0 amide bonds. The minimum atomic E-state index is 0.845. The summed E-state index contributed by atoms with van der Waals surface area (Å²) in [5.41, 5.74) is 6.92. The third kappa shape index (κ3) is 2.69. The maximum atomic E-state index is 5.14. The van der Waals surface area contributed by atoms with E-state index in [-0.39, 0.29) is 0 Å². The Hall–Kier alpha value is -1.05. The zero-order chi connectivity index (χ0) is 7.28. The highest BCUT2D eigenvalue weighted by Crippen LogP contribution is 1.92. The molecule has 0 heterocycles. The van der Waals surface area contributed by atoms with Crippen LogP contribution in [0.4, 0.5) is 0 Å². The van der Waals surface area contributed by atoms with Gasteiger partial charge in [0.05, 0.1) is 5.71 Å². The molecule has 0 aliphatic carbocycles. The van der Waals surface area contributed by atoms with E-state index in [1.807, 2.05) is 6.92 Å². The van der Waals surface area contributed by atoms with Gasteiger partial charge in [-0.25, -0.2) is 0 Å². The SMILES string of the molecule is C=C(C)C(/C=C\N)=NC. The van der Waals surface area contributed by atoms with Crippen LogP contribution < -0.4 is 5.73 Å². The van der Waals surface area contributed by atoms with E-state index in [1.54, 1.807) is 13.1 Å². The minimum Gasteiger partial charge on any atom is -0.405 e. The largest absolute Gasteiger partial charge is 0.405 e. The van der Waals surface area contributed by atoms with Gasteiger partial charge in [-0.2, -0.15) is 0 Å². The van der Waals surface area contributed by atoms with Crippen molar-refractivity contribution in [2.45, 2.75) is 6.92 Å². The van der Waals surface area contributed by atoms with E-state index < -0.39 is 0 Å². The molecule has 0 spiro atoms. The summed E-state index contributed by atoms with van der Waals surface area (Å²) in [5.74, 6) is 0. The second kappa shape index (κ2) is 3.89. The lowest BCUT2D eigenvalue weighted by Crippen LogP contribution is -1.94. The summed E-state index contributed by atoms with van der Waals surface area (Å²) >= 11 is 0. The second-order valence-corrected chi connectivity index (χ2v) is 1.75. The minimum absolute atomic E-state index is 0.845. The zero-order valence-corrected chi connectivity index (χ0v) is 5.89. The number of rotatable bonds is 2. The highest BCUT2D eigenvalue weighted by molar-refractivity contribution is 6.07. The van der Waals surface area contributed by atoms with Crippen molar-refractivity contribution in [3.8, 4) is 0 Å². The molecular formula is C7H12N2. The fraction of sp³-hybridized carbons (Fsp3) is 0.286. The van der Waals surface area contributed by atoms with Crippen molar-refractivity contribution in [1.82, 2.24) is 0 Å². The van der Waals surface area contributed by atoms with Crippen LogP contribution in [0.3, 0.4) is 0 Å². The first-order chi connectivity index (χ1) is 4.22. The van der Waals surface area contributed by atoms with Gasteiger partial charge in [0.2, 0.25) is 0 Å². The first-order valence-electron chi connectivity index (χ1n) is 2.73. The molecule has 0 aromatic heterocycles. The van der Waals surface area contributed by atoms with Crippen molar-refractivity contribution in [2.24, 2.45) is 10.7 Å². The number of hydrogen-bond donors (Lipinski definition) is 1. The van der Waals surface area contributed by atoms with Gasteiger partial charge in [0, 0.05) is 7.05 Å². The predicted octanol–water partition coefficient (Wildman–Crippen LogP) is 1.11. The summed E-state index contributed by atoms with van der Waals surface area (Å²) in [7, 11) is 1.71. The van der Waals surface area contributed by atoms with Gasteiger partial charge in [-0.05, 0) is 24.8 Å². The van der Waals surface area contributed by atoms with E-state index in [1.165, 1.54) is 6.20 Å². The molecule has 0 aromatic rings. The summed E-state index contributed by atoms with van der Waals surface area (Å²) in [6.45, 7) is 5.60. The third-order valence-corrected chi connectivity index (χ3v) is 0.932. The van der Waals surface area contributed by atoms with Gasteiger partial charge in [0.1, 0.15) is 0 Å². The second-order valence-electron chi connectivity index (χ2n) is 1.75. The van der Waals surface area contributed by atoms with Gasteiger partial charge in [-0.3, -0.25) is 4.99 Å². The molecule has 0 fully saturated rings. The molecule has 0 radical (unpaired) electrons. The fourth-order valence-electron chi connectivity index (χ4n) is 0.499. The topological polar surface area (TPSA) is 38.4 Å². The van der Waals surface area contributed by atoms with Crippen LogP contribution in [0.25, 0.3) is 0 Å². The molecule has 0 unspecified atom stereocenters. The molecular weight excluding hydrogens is 112 g/mol. The van der Waals surface area contributed by atoms with E-state index in [4.69, 9.17) is 5.73 Å². The molecule has 0 aromatic carbocycles. The molecule has 2 N–H and O–H groups in total. The van der Waals surface area contributed by atoms with Crippen LogP contribution in [0.1, 0.15) is 6.92 Å². The van der Waals surface area contributed by atoms with Crippen LogP contribution in [-0.2, 0) is 0 Å². The molecule has 0 saturated carbocycles. The van der Waals surface area contributed by atoms with Crippen molar-refractivity contribution in [3.05, 3.63) is 24.4 Å². The van der Waals surface area contributed by atoms with Crippen molar-refractivity contribution in [2.75, 3.05) is 7.05 Å². The van der Waals surface area contributed by atoms with Crippen molar-refractivity contribution >= 4 is 5.71 Å². The maximum absolute atomic E-state index is 5.14. The van der Waals surface area contributed by atoms with Crippen LogP contribution in [0, 0.1) is 0 Å². The van der Waals surface area contributed by atoms with Gasteiger partial charge in [-0.15, -0.1) is 0 Å². The van der Waals surface area contributed by atoms with E-state index in [2.05, 4.69) is 11.6 Å². The average molecular weight is 124 g/mol. The predicted molar refractivity (Wildman–Crippen MR) is 41.5 cm³/mol. The molecule has 0 saturated heterocycles. The Kier molecular flexibility index (Phi) is 3.44. The van der Waals surface area contributed by atoms with E-state index in [0.717, 1.165) is 11.3 Å². The number of nitrogens with zero attached hydrogens (tertiary/aromatic N) is 1. The summed E-state index contributed by atoms with van der Waals surface area (Å²) < 4.78 is 0. The van der Waals surface area contributed by atoms with Crippen molar-refractivity contribution in [1.29, 1.82) is 0 Å². The lowest BCUT2D eigenvalue weighted by molar-refractivity contribution is 1.42. The zero-order valence-electron chi connectivity index (χ0n) is 5.89. The highest BCUT2D eigenvalue weighted by atomic mass is 14.7. The Morgan fingerprint density at radius 3 is 2.33 bits per heavy atom. The first-order valence-corrected chi connectivity index (χ1v) is 2.73. The van der Waals surface area contributed by atoms with Crippen molar-refractivity contribution < 1.29 is 0 Å². The Labute approximate surface area is 55.8 Å². The fourth-order valence-corrected chi connectivity index (χ4v) is 0.499. The molecule has 0 aliphatic rings. The average Bonchev–Trinajstić information content (AvgIpc) is 1.82. The number of nitrogens with two attached hydrogens (primary N) is 1. The van der Waals surface area contributed by atoms with Gasteiger partial charge in [-0.1, -0.05) is 6.58 Å². The molecule has 9 heavy (non-hydrogen) atoms. The third-order valence-electron chi connectivity index (χ3n) is 0.932. The Balaban J connectivity index is 4.19. The summed E-state index contributed by atoms with van der Waals surface area (Å²) in [4.78, 5) is 3.93. The Morgan fingerprint density at radius 2 is 2.22 bits per heavy atom. The van der Waals surface area contributed by atoms with Gasteiger partial charge < -0.3 is 5.73 Å². The first kappa shape index (κ1) is 7.95. The summed E-state index contributed by atoms with van der Waals surface area (Å²) in [6.07, 6.45) is 3.18. The van der Waals surface area contributed by atoms with E-state index in [9.17, 15) is 0 Å². The van der Waals surface area contributed by atoms with Gasteiger partial charge in [0.15, 0.2) is 0 Å². The Morgan fingerprint density at radius 1 is 1.67 bits per heavy atom. The van der Waals surface area contributed by atoms with Crippen LogP contribution >= 0.6 is 0 Å². The number of allylic oxidation sites excluding steroid dienone is 2. The quantitative estimate of drug-likeness (QED) is 0.550. The van der Waals surface area contributed by atoms with Crippen LogP contribution in [0.5, 0.6) is 0 Å². The standard InChI is InChI=1S/C7H12N2/c1-6(2)7(9-3)4-5-8/h4-5H,1,8H2,2-3H3/b5-4-,9-7?. The number of aliphatic imine (C=N–C) groups is 1. The highest BCUT2D eigenvalue weighted by Gasteiger charge is 1.89. The molecule has 0 bridgehead atoms. The van der Waals surface area contributed by atoms with Crippen LogP contribution in [0.15, 0.2) is 29.4 Å². The van der Waals surface area contributed by atoms with Crippen LogP contribution in [0.2, 0.25) is 0 Å². The lowest BCUT2D eigenvalue weighted by atomic mass is 10.2. The maximum Gasteiger partial charge on any atom is 0.0608 e. The molecule has 50 valence electrons. The summed E-state index contributed by atoms with van der Waals surface area (Å²) in [6, 6.07) is 0. The normalized spacial score (nSPS) is 12.4. The lowest BCUT2D eigenvalue weighted by Gasteiger charge is -1.94. The van der Waals surface area contributed by atoms with Crippen molar-refractivity contribution in [3.63, 3.8) is 0 Å². The molecule has 2 heteroatoms. The molecule has 0 aliphatic heterocycles.